The zero-order valence-corrected chi connectivity index (χ0v) is 13.2. The Hall–Kier alpha value is -1.81. The summed E-state index contributed by atoms with van der Waals surface area (Å²) >= 11 is 1.85. The lowest BCUT2D eigenvalue weighted by Crippen LogP contribution is -2.19. The van der Waals surface area contributed by atoms with E-state index in [2.05, 4.69) is 29.0 Å². The zero-order chi connectivity index (χ0) is 14.8. The van der Waals surface area contributed by atoms with Gasteiger partial charge in [0.1, 0.15) is 0 Å². The fourth-order valence-corrected chi connectivity index (χ4v) is 3.87. The number of aryl methyl sites for hydroxylation is 2. The molecule has 1 aromatic carbocycles. The summed E-state index contributed by atoms with van der Waals surface area (Å²) in [6.07, 6.45) is 3.56. The van der Waals surface area contributed by atoms with Crippen molar-refractivity contribution in [3.8, 4) is 0 Å². The number of rotatable bonds is 3. The van der Waals surface area contributed by atoms with Crippen molar-refractivity contribution in [1.82, 2.24) is 5.32 Å². The maximum atomic E-state index is 11.8. The molecule has 0 aliphatic heterocycles. The normalized spacial score (nSPS) is 17.1. The predicted octanol–water partition coefficient (Wildman–Crippen LogP) is 3.91. The van der Waals surface area contributed by atoms with E-state index in [-0.39, 0.29) is 5.91 Å². The largest absolute Gasteiger partial charge is 0.378 e. The van der Waals surface area contributed by atoms with Gasteiger partial charge in [-0.3, -0.25) is 4.79 Å². The minimum absolute atomic E-state index is 0.0436. The van der Waals surface area contributed by atoms with Gasteiger partial charge in [-0.2, -0.15) is 0 Å². The first kappa shape index (κ1) is 14.1. The molecule has 1 heterocycles. The van der Waals surface area contributed by atoms with E-state index in [1.807, 2.05) is 29.5 Å². The summed E-state index contributed by atoms with van der Waals surface area (Å²) < 4.78 is 0. The van der Waals surface area contributed by atoms with Crippen LogP contribution in [0.5, 0.6) is 0 Å². The van der Waals surface area contributed by atoms with Crippen molar-refractivity contribution in [3.63, 3.8) is 0 Å². The number of carbonyl (C=O) groups excluding carboxylic acids is 1. The van der Waals surface area contributed by atoms with Gasteiger partial charge in [-0.1, -0.05) is 6.07 Å². The molecule has 0 fully saturated rings. The highest BCUT2D eigenvalue weighted by Crippen LogP contribution is 2.36. The highest BCUT2D eigenvalue weighted by atomic mass is 32.1. The highest BCUT2D eigenvalue weighted by molar-refractivity contribution is 7.10. The second-order valence-electron chi connectivity index (χ2n) is 5.50. The number of hydrogen-bond acceptors (Lipinski definition) is 3. The molecule has 1 amide bonds. The van der Waals surface area contributed by atoms with Gasteiger partial charge >= 0.3 is 0 Å². The second kappa shape index (κ2) is 5.90. The van der Waals surface area contributed by atoms with E-state index in [0.717, 1.165) is 12.1 Å². The Labute approximate surface area is 129 Å². The van der Waals surface area contributed by atoms with Crippen molar-refractivity contribution in [2.24, 2.45) is 0 Å². The molecule has 1 aliphatic carbocycles. The van der Waals surface area contributed by atoms with E-state index in [0.29, 0.717) is 11.6 Å². The first-order valence-electron chi connectivity index (χ1n) is 7.34. The summed E-state index contributed by atoms with van der Waals surface area (Å²) in [5, 5.41) is 8.49. The number of anilines is 1. The quantitative estimate of drug-likeness (QED) is 0.902. The molecule has 0 saturated heterocycles. The third-order valence-corrected chi connectivity index (χ3v) is 5.10. The third kappa shape index (κ3) is 2.81. The van der Waals surface area contributed by atoms with E-state index in [1.54, 1.807) is 7.05 Å². The SMILES string of the molecule is CNC(=O)c1ccc(C)c(NC2CCCc3sccc32)c1. The van der Waals surface area contributed by atoms with Gasteiger partial charge < -0.3 is 10.6 Å². The molecule has 4 heteroatoms. The summed E-state index contributed by atoms with van der Waals surface area (Å²) in [5.41, 5.74) is 4.35. The number of carbonyl (C=O) groups is 1. The molecule has 1 aliphatic rings. The van der Waals surface area contributed by atoms with Gasteiger partial charge in [-0.15, -0.1) is 11.3 Å². The van der Waals surface area contributed by atoms with Gasteiger partial charge in [-0.25, -0.2) is 0 Å². The van der Waals surface area contributed by atoms with Crippen molar-refractivity contribution in [2.75, 3.05) is 12.4 Å². The molecule has 0 radical (unpaired) electrons. The first-order valence-corrected chi connectivity index (χ1v) is 8.22. The van der Waals surface area contributed by atoms with Gasteiger partial charge in [0.15, 0.2) is 0 Å². The Morgan fingerprint density at radius 2 is 2.19 bits per heavy atom. The highest BCUT2D eigenvalue weighted by Gasteiger charge is 2.21. The van der Waals surface area contributed by atoms with Crippen molar-refractivity contribution < 1.29 is 4.79 Å². The summed E-state index contributed by atoms with van der Waals surface area (Å²) in [7, 11) is 1.66. The molecule has 0 spiro atoms. The number of hydrogen-bond donors (Lipinski definition) is 2. The third-order valence-electron chi connectivity index (χ3n) is 4.11. The lowest BCUT2D eigenvalue weighted by atomic mass is 9.93. The van der Waals surface area contributed by atoms with Crippen molar-refractivity contribution >= 4 is 22.9 Å². The predicted molar refractivity (Wildman–Crippen MR) is 88.2 cm³/mol. The molecule has 0 bridgehead atoms. The van der Waals surface area contributed by atoms with Crippen LogP contribution in [0.2, 0.25) is 0 Å². The summed E-state index contributed by atoms with van der Waals surface area (Å²) in [5.74, 6) is -0.0436. The molecule has 21 heavy (non-hydrogen) atoms. The number of amides is 1. The molecular formula is C17H20N2OS. The second-order valence-corrected chi connectivity index (χ2v) is 6.50. The van der Waals surface area contributed by atoms with Gasteiger partial charge in [0.2, 0.25) is 0 Å². The van der Waals surface area contributed by atoms with E-state index < -0.39 is 0 Å². The lowest BCUT2D eigenvalue weighted by molar-refractivity contribution is 0.0963. The Morgan fingerprint density at radius 3 is 3.00 bits per heavy atom. The average Bonchev–Trinajstić information content (AvgIpc) is 2.98. The van der Waals surface area contributed by atoms with Crippen LogP contribution in [0, 0.1) is 6.92 Å². The maximum Gasteiger partial charge on any atom is 0.251 e. The summed E-state index contributed by atoms with van der Waals surface area (Å²) in [6, 6.07) is 8.42. The Balaban J connectivity index is 1.87. The first-order chi connectivity index (χ1) is 10.2. The van der Waals surface area contributed by atoms with E-state index in [9.17, 15) is 4.79 Å². The molecule has 110 valence electrons. The molecule has 2 aromatic rings. The molecule has 0 saturated carbocycles. The fourth-order valence-electron chi connectivity index (χ4n) is 2.89. The lowest BCUT2D eigenvalue weighted by Gasteiger charge is -2.25. The standard InChI is InChI=1S/C17H20N2OS/c1-11-6-7-12(17(20)18-2)10-15(11)19-14-4-3-5-16-13(14)8-9-21-16/h6-10,14,19H,3-5H2,1-2H3,(H,18,20). The van der Waals surface area contributed by atoms with Gasteiger partial charge in [-0.05, 0) is 60.9 Å². The van der Waals surface area contributed by atoms with Crippen LogP contribution in [0.1, 0.15) is 45.2 Å². The van der Waals surface area contributed by atoms with Crippen molar-refractivity contribution in [2.45, 2.75) is 32.2 Å². The average molecular weight is 300 g/mol. The Bertz CT molecular complexity index is 663. The van der Waals surface area contributed by atoms with Crippen LogP contribution >= 0.6 is 11.3 Å². The van der Waals surface area contributed by atoms with Crippen molar-refractivity contribution in [1.29, 1.82) is 0 Å². The van der Waals surface area contributed by atoms with Gasteiger partial charge in [0.05, 0.1) is 6.04 Å². The molecule has 2 N–H and O–H groups in total. The van der Waals surface area contributed by atoms with Crippen LogP contribution in [0.4, 0.5) is 5.69 Å². The molecule has 3 rings (SSSR count). The van der Waals surface area contributed by atoms with E-state index in [1.165, 1.54) is 28.8 Å². The summed E-state index contributed by atoms with van der Waals surface area (Å²) in [6.45, 7) is 2.08. The molecule has 3 nitrogen and oxygen atoms in total. The molecule has 1 atom stereocenters. The Morgan fingerprint density at radius 1 is 1.33 bits per heavy atom. The van der Waals surface area contributed by atoms with Crippen LogP contribution in [0.15, 0.2) is 29.6 Å². The number of nitrogens with one attached hydrogen (secondary N) is 2. The zero-order valence-electron chi connectivity index (χ0n) is 12.4. The molecular weight excluding hydrogens is 280 g/mol. The smallest absolute Gasteiger partial charge is 0.251 e. The van der Waals surface area contributed by atoms with Gasteiger partial charge in [0, 0.05) is 23.2 Å². The Kier molecular flexibility index (Phi) is 3.97. The molecule has 1 unspecified atom stereocenters. The van der Waals surface area contributed by atoms with Crippen LogP contribution in [0.3, 0.4) is 0 Å². The van der Waals surface area contributed by atoms with Crippen molar-refractivity contribution in [3.05, 3.63) is 51.2 Å². The van der Waals surface area contributed by atoms with Crippen LogP contribution in [-0.4, -0.2) is 13.0 Å². The van der Waals surface area contributed by atoms with Crippen LogP contribution in [0.25, 0.3) is 0 Å². The van der Waals surface area contributed by atoms with Crippen LogP contribution in [-0.2, 0) is 6.42 Å². The van der Waals surface area contributed by atoms with Gasteiger partial charge in [0.25, 0.3) is 5.91 Å². The number of thiophene rings is 1. The number of fused-ring (bicyclic) bond motifs is 1. The van der Waals surface area contributed by atoms with E-state index in [4.69, 9.17) is 0 Å². The van der Waals surface area contributed by atoms with E-state index >= 15 is 0 Å². The summed E-state index contributed by atoms with van der Waals surface area (Å²) in [4.78, 5) is 13.3. The minimum atomic E-state index is -0.0436. The number of benzene rings is 1. The van der Waals surface area contributed by atoms with Crippen LogP contribution < -0.4 is 10.6 Å². The fraction of sp³-hybridized carbons (Fsp3) is 0.353. The maximum absolute atomic E-state index is 11.8. The topological polar surface area (TPSA) is 41.1 Å². The minimum Gasteiger partial charge on any atom is -0.378 e. The molecule has 1 aromatic heterocycles. The monoisotopic (exact) mass is 300 g/mol.